The second-order valence-electron chi connectivity index (χ2n) is 7.35. The van der Waals surface area contributed by atoms with Crippen molar-refractivity contribution in [2.24, 2.45) is 5.92 Å². The minimum absolute atomic E-state index is 0.0410. The smallest absolute Gasteiger partial charge is 0.243 e. The number of pyridine rings is 1. The predicted molar refractivity (Wildman–Crippen MR) is 105 cm³/mol. The van der Waals surface area contributed by atoms with Crippen LogP contribution in [0.2, 0.25) is 0 Å². The van der Waals surface area contributed by atoms with Gasteiger partial charge in [-0.1, -0.05) is 0 Å². The van der Waals surface area contributed by atoms with Crippen molar-refractivity contribution in [3.8, 4) is 5.88 Å². The van der Waals surface area contributed by atoms with Crippen molar-refractivity contribution in [1.82, 2.24) is 9.29 Å². The summed E-state index contributed by atoms with van der Waals surface area (Å²) in [5.74, 6) is -0.116. The van der Waals surface area contributed by atoms with Crippen LogP contribution in [0.1, 0.15) is 18.9 Å². The van der Waals surface area contributed by atoms with Gasteiger partial charge in [0.05, 0.1) is 17.7 Å². The summed E-state index contributed by atoms with van der Waals surface area (Å²) < 4.78 is 46.1. The van der Waals surface area contributed by atoms with E-state index < -0.39 is 15.8 Å². The number of amides is 1. The van der Waals surface area contributed by atoms with Crippen molar-refractivity contribution in [3.63, 3.8) is 0 Å². The number of halogens is 1. The van der Waals surface area contributed by atoms with Gasteiger partial charge in [-0.2, -0.15) is 4.31 Å². The zero-order valence-corrected chi connectivity index (χ0v) is 16.9. The summed E-state index contributed by atoms with van der Waals surface area (Å²) >= 11 is 0. The van der Waals surface area contributed by atoms with E-state index in [0.717, 1.165) is 17.4 Å². The van der Waals surface area contributed by atoms with Gasteiger partial charge >= 0.3 is 0 Å². The molecule has 154 valence electrons. The summed E-state index contributed by atoms with van der Waals surface area (Å²) in [6.07, 6.45) is 2.42. The molecule has 29 heavy (non-hydrogen) atoms. The van der Waals surface area contributed by atoms with Crippen molar-refractivity contribution in [2.75, 3.05) is 31.1 Å². The number of sulfonamides is 1. The van der Waals surface area contributed by atoms with Crippen molar-refractivity contribution >= 4 is 21.6 Å². The molecule has 0 N–H and O–H groups in total. The lowest BCUT2D eigenvalue weighted by molar-refractivity contribution is -0.116. The van der Waals surface area contributed by atoms with Gasteiger partial charge in [0, 0.05) is 44.2 Å². The highest BCUT2D eigenvalue weighted by Crippen LogP contribution is 2.32. The number of ether oxygens (including phenoxy) is 1. The van der Waals surface area contributed by atoms with Gasteiger partial charge in [0.1, 0.15) is 5.82 Å². The van der Waals surface area contributed by atoms with Crippen LogP contribution in [0.25, 0.3) is 0 Å². The molecule has 0 spiro atoms. The first-order chi connectivity index (χ1) is 13.8. The van der Waals surface area contributed by atoms with Gasteiger partial charge in [-0.25, -0.2) is 17.8 Å². The fourth-order valence-electron chi connectivity index (χ4n) is 3.82. The molecule has 1 aromatic heterocycles. The number of nitrogens with zero attached hydrogens (tertiary/aromatic N) is 3. The van der Waals surface area contributed by atoms with Gasteiger partial charge in [-0.05, 0) is 42.7 Å². The fraction of sp³-hybridized carbons (Fsp3) is 0.400. The minimum atomic E-state index is -3.61. The lowest BCUT2D eigenvalue weighted by atomic mass is 10.1. The molecule has 2 aliphatic heterocycles. The van der Waals surface area contributed by atoms with E-state index in [9.17, 15) is 17.6 Å². The van der Waals surface area contributed by atoms with Crippen molar-refractivity contribution in [3.05, 3.63) is 47.9 Å². The number of fused-ring (bicyclic) bond motifs is 1. The molecule has 0 aliphatic carbocycles. The average molecular weight is 419 g/mol. The van der Waals surface area contributed by atoms with Crippen molar-refractivity contribution in [2.45, 2.75) is 24.7 Å². The quantitative estimate of drug-likeness (QED) is 0.743. The number of rotatable bonds is 5. The summed E-state index contributed by atoms with van der Waals surface area (Å²) in [6.45, 7) is 3.19. The third kappa shape index (κ3) is 3.97. The van der Waals surface area contributed by atoms with E-state index in [1.54, 1.807) is 23.1 Å². The fourth-order valence-corrected chi connectivity index (χ4v) is 5.40. The number of hydrogen-bond donors (Lipinski definition) is 0. The average Bonchev–Trinajstić information content (AvgIpc) is 3.34. The molecular weight excluding hydrogens is 397 g/mol. The number of benzene rings is 1. The van der Waals surface area contributed by atoms with E-state index in [1.165, 1.54) is 23.4 Å². The summed E-state index contributed by atoms with van der Waals surface area (Å²) in [5, 5.41) is 0. The maximum absolute atomic E-state index is 13.1. The van der Waals surface area contributed by atoms with Crippen LogP contribution in [0, 0.1) is 11.7 Å². The van der Waals surface area contributed by atoms with Crippen LogP contribution in [0.15, 0.2) is 41.4 Å². The molecule has 1 atom stereocenters. The van der Waals surface area contributed by atoms with E-state index in [-0.39, 0.29) is 16.7 Å². The molecule has 0 bridgehead atoms. The second kappa shape index (κ2) is 7.72. The van der Waals surface area contributed by atoms with E-state index in [2.05, 4.69) is 4.98 Å². The Hall–Kier alpha value is -2.52. The highest BCUT2D eigenvalue weighted by Gasteiger charge is 2.34. The predicted octanol–water partition coefficient (Wildman–Crippen LogP) is 2.22. The molecule has 0 saturated carbocycles. The largest absolute Gasteiger partial charge is 0.477 e. The zero-order valence-electron chi connectivity index (χ0n) is 16.0. The maximum Gasteiger partial charge on any atom is 0.243 e. The summed E-state index contributed by atoms with van der Waals surface area (Å²) in [7, 11) is -3.61. The number of carbonyl (C=O) groups excluding carboxylic acids is 1. The van der Waals surface area contributed by atoms with Crippen LogP contribution < -0.4 is 9.64 Å². The van der Waals surface area contributed by atoms with Gasteiger partial charge in [0.25, 0.3) is 0 Å². The Balaban J connectivity index is 1.42. The number of carbonyl (C=O) groups is 1. The Bertz CT molecular complexity index is 1030. The number of hydrogen-bond acceptors (Lipinski definition) is 5. The normalized spacial score (nSPS) is 19.4. The molecule has 1 saturated heterocycles. The molecule has 2 aliphatic rings. The number of aromatic nitrogens is 1. The Morgan fingerprint density at radius 1 is 1.28 bits per heavy atom. The van der Waals surface area contributed by atoms with Crippen LogP contribution in [-0.2, 0) is 21.2 Å². The zero-order chi connectivity index (χ0) is 20.6. The lowest BCUT2D eigenvalue weighted by Gasteiger charge is -2.18. The molecule has 1 fully saturated rings. The van der Waals surface area contributed by atoms with Gasteiger partial charge in [-0.3, -0.25) is 4.79 Å². The first-order valence-corrected chi connectivity index (χ1v) is 10.9. The monoisotopic (exact) mass is 419 g/mol. The molecule has 7 nitrogen and oxygen atoms in total. The first kappa shape index (κ1) is 19.8. The van der Waals surface area contributed by atoms with Gasteiger partial charge in [0.15, 0.2) is 0 Å². The van der Waals surface area contributed by atoms with E-state index in [4.69, 9.17) is 4.74 Å². The molecule has 9 heteroatoms. The highest BCUT2D eigenvalue weighted by molar-refractivity contribution is 7.89. The summed E-state index contributed by atoms with van der Waals surface area (Å²) in [4.78, 5) is 17.4. The lowest BCUT2D eigenvalue weighted by Crippen LogP contribution is -2.30. The summed E-state index contributed by atoms with van der Waals surface area (Å²) in [5.41, 5.74) is 1.67. The van der Waals surface area contributed by atoms with Gasteiger partial charge < -0.3 is 9.64 Å². The topological polar surface area (TPSA) is 79.8 Å². The van der Waals surface area contributed by atoms with Gasteiger partial charge in [-0.15, -0.1) is 0 Å². The Morgan fingerprint density at radius 3 is 2.83 bits per heavy atom. The van der Waals surface area contributed by atoms with E-state index in [0.29, 0.717) is 45.0 Å². The van der Waals surface area contributed by atoms with Crippen LogP contribution in [-0.4, -0.2) is 49.9 Å². The summed E-state index contributed by atoms with van der Waals surface area (Å²) in [6, 6.07) is 7.69. The van der Waals surface area contributed by atoms with Crippen LogP contribution in [0.3, 0.4) is 0 Å². The molecule has 1 amide bonds. The minimum Gasteiger partial charge on any atom is -0.477 e. The SMILES string of the molecule is CC(=O)N1CCc2cc(S(=O)(=O)N3CCC(COc4ccc(F)cn4)C3)ccc21. The third-order valence-corrected chi connectivity index (χ3v) is 7.24. The third-order valence-electron chi connectivity index (χ3n) is 5.38. The molecular formula is C20H22FN3O4S. The molecule has 1 aromatic carbocycles. The van der Waals surface area contributed by atoms with Crippen LogP contribution in [0.5, 0.6) is 5.88 Å². The molecule has 0 radical (unpaired) electrons. The molecule has 4 rings (SSSR count). The number of anilines is 1. The molecule has 3 heterocycles. The maximum atomic E-state index is 13.1. The van der Waals surface area contributed by atoms with Crippen LogP contribution >= 0.6 is 0 Å². The highest BCUT2D eigenvalue weighted by atomic mass is 32.2. The van der Waals surface area contributed by atoms with E-state index >= 15 is 0 Å². The standard InChI is InChI=1S/C20H22FN3O4S/c1-14(25)24-9-7-16-10-18(3-4-19(16)24)29(26,27)23-8-6-15(12-23)13-28-20-5-2-17(21)11-22-20/h2-5,10-11,15H,6-9,12-13H2,1H3. The van der Waals surface area contributed by atoms with Gasteiger partial charge in [0.2, 0.25) is 21.8 Å². The first-order valence-electron chi connectivity index (χ1n) is 9.50. The Morgan fingerprint density at radius 2 is 2.10 bits per heavy atom. The Labute approximate surface area is 169 Å². The van der Waals surface area contributed by atoms with Crippen LogP contribution in [0.4, 0.5) is 10.1 Å². The molecule has 2 aromatic rings. The Kier molecular flexibility index (Phi) is 5.26. The van der Waals surface area contributed by atoms with Crippen molar-refractivity contribution in [1.29, 1.82) is 0 Å². The van der Waals surface area contributed by atoms with Crippen molar-refractivity contribution < 1.29 is 22.3 Å². The second-order valence-corrected chi connectivity index (χ2v) is 9.29. The van der Waals surface area contributed by atoms with E-state index in [1.807, 2.05) is 0 Å². The molecule has 1 unspecified atom stereocenters.